The van der Waals surface area contributed by atoms with E-state index in [0.717, 1.165) is 49.1 Å². The van der Waals surface area contributed by atoms with Gasteiger partial charge in [-0.15, -0.1) is 0 Å². The Bertz CT molecular complexity index is 859. The normalized spacial score (nSPS) is 17.7. The van der Waals surface area contributed by atoms with Crippen molar-refractivity contribution < 1.29 is 0 Å². The average molecular weight is 349 g/mol. The van der Waals surface area contributed by atoms with Gasteiger partial charge < -0.3 is 4.90 Å². The first-order valence-corrected chi connectivity index (χ1v) is 9.09. The van der Waals surface area contributed by atoms with Crippen LogP contribution in [0.25, 0.3) is 5.82 Å². The summed E-state index contributed by atoms with van der Waals surface area (Å²) in [5, 5.41) is 0. The number of rotatable bonds is 4. The number of anilines is 1. The lowest BCUT2D eigenvalue weighted by Crippen LogP contribution is -2.35. The van der Waals surface area contributed by atoms with Gasteiger partial charge in [-0.2, -0.15) is 0 Å². The molecule has 3 aromatic rings. The van der Waals surface area contributed by atoms with Crippen molar-refractivity contribution >= 4 is 5.82 Å². The predicted molar refractivity (Wildman–Crippen MR) is 99.5 cm³/mol. The average Bonchev–Trinajstić information content (AvgIpc) is 3.19. The second-order valence-corrected chi connectivity index (χ2v) is 6.96. The molecule has 3 aromatic heterocycles. The zero-order chi connectivity index (χ0) is 17.9. The molecule has 7 nitrogen and oxygen atoms in total. The van der Waals surface area contributed by atoms with Crippen molar-refractivity contribution in [2.45, 2.75) is 38.5 Å². The summed E-state index contributed by atoms with van der Waals surface area (Å²) in [6.45, 7) is 6.16. The summed E-state index contributed by atoms with van der Waals surface area (Å²) in [4.78, 5) is 24.7. The number of hydrogen-bond acceptors (Lipinski definition) is 6. The molecule has 1 aliphatic heterocycles. The van der Waals surface area contributed by atoms with Crippen molar-refractivity contribution in [2.24, 2.45) is 0 Å². The molecule has 1 fully saturated rings. The summed E-state index contributed by atoms with van der Waals surface area (Å²) in [7, 11) is 0. The smallest absolute Gasteiger partial charge is 0.156 e. The minimum atomic E-state index is 0.331. The van der Waals surface area contributed by atoms with Crippen molar-refractivity contribution in [3.8, 4) is 5.82 Å². The Morgan fingerprint density at radius 2 is 1.88 bits per heavy atom. The third-order valence-corrected chi connectivity index (χ3v) is 4.79. The summed E-state index contributed by atoms with van der Waals surface area (Å²) in [5.41, 5.74) is 1.03. The van der Waals surface area contributed by atoms with Gasteiger partial charge in [-0.3, -0.25) is 14.5 Å². The number of aromatic nitrogens is 6. The van der Waals surface area contributed by atoms with Gasteiger partial charge in [-0.1, -0.05) is 13.8 Å². The molecular weight excluding hydrogens is 326 g/mol. The van der Waals surface area contributed by atoms with E-state index in [2.05, 4.69) is 38.7 Å². The van der Waals surface area contributed by atoms with Gasteiger partial charge in [0.25, 0.3) is 0 Å². The zero-order valence-corrected chi connectivity index (χ0v) is 15.2. The summed E-state index contributed by atoms with van der Waals surface area (Å²) in [6.07, 6.45) is 15.0. The minimum Gasteiger partial charge on any atom is -0.355 e. The van der Waals surface area contributed by atoms with E-state index in [0.29, 0.717) is 11.8 Å². The fraction of sp³-hybridized carbons (Fsp3) is 0.421. The van der Waals surface area contributed by atoms with Crippen LogP contribution in [0.3, 0.4) is 0 Å². The third-order valence-electron chi connectivity index (χ3n) is 4.79. The lowest BCUT2D eigenvalue weighted by Gasteiger charge is -2.33. The van der Waals surface area contributed by atoms with Crippen LogP contribution in [-0.2, 0) is 0 Å². The summed E-state index contributed by atoms with van der Waals surface area (Å²) in [5.74, 6) is 3.43. The van der Waals surface area contributed by atoms with E-state index in [1.807, 2.05) is 29.4 Å². The minimum absolute atomic E-state index is 0.331. The second kappa shape index (κ2) is 7.19. The Morgan fingerprint density at radius 3 is 2.69 bits per heavy atom. The molecular formula is C19H23N7. The maximum Gasteiger partial charge on any atom is 0.156 e. The molecule has 0 radical (unpaired) electrons. The van der Waals surface area contributed by atoms with Gasteiger partial charge in [-0.25, -0.2) is 15.0 Å². The molecule has 1 atom stereocenters. The fourth-order valence-corrected chi connectivity index (χ4v) is 3.50. The van der Waals surface area contributed by atoms with E-state index in [4.69, 9.17) is 4.98 Å². The number of nitrogens with zero attached hydrogens (tertiary/aromatic N) is 7. The SMILES string of the molecule is CC(C)c1nccn1-c1cncc(C2CCCN(c3cnccn3)C2)n1. The molecule has 0 N–H and O–H groups in total. The van der Waals surface area contributed by atoms with Gasteiger partial charge in [0.05, 0.1) is 18.1 Å². The van der Waals surface area contributed by atoms with Crippen LogP contribution in [0.5, 0.6) is 0 Å². The highest BCUT2D eigenvalue weighted by Gasteiger charge is 2.24. The van der Waals surface area contributed by atoms with Crippen LogP contribution in [0.15, 0.2) is 43.4 Å². The van der Waals surface area contributed by atoms with Crippen LogP contribution < -0.4 is 4.90 Å². The largest absolute Gasteiger partial charge is 0.355 e. The molecule has 0 spiro atoms. The summed E-state index contributed by atoms with van der Waals surface area (Å²) >= 11 is 0. The van der Waals surface area contributed by atoms with Crippen molar-refractivity contribution in [1.29, 1.82) is 0 Å². The van der Waals surface area contributed by atoms with E-state index in [1.54, 1.807) is 18.6 Å². The summed E-state index contributed by atoms with van der Waals surface area (Å²) in [6, 6.07) is 0. The number of imidazole rings is 1. The first-order valence-electron chi connectivity index (χ1n) is 9.09. The number of hydrogen-bond donors (Lipinski definition) is 0. The Morgan fingerprint density at radius 1 is 1.00 bits per heavy atom. The van der Waals surface area contributed by atoms with Crippen LogP contribution in [-0.4, -0.2) is 42.6 Å². The Labute approximate surface area is 153 Å². The van der Waals surface area contributed by atoms with Crippen molar-refractivity contribution in [3.05, 3.63) is 54.9 Å². The monoisotopic (exact) mass is 349 g/mol. The molecule has 7 heteroatoms. The van der Waals surface area contributed by atoms with Crippen LogP contribution in [0.4, 0.5) is 5.82 Å². The molecule has 134 valence electrons. The molecule has 1 aliphatic rings. The standard InChI is InChI=1S/C19H23N7/c1-14(2)19-23-7-9-26(19)18-12-21-10-16(24-18)15-4-3-8-25(13-15)17-11-20-5-6-22-17/h5-7,9-12,14-15H,3-4,8,13H2,1-2H3. The first-order chi connectivity index (χ1) is 12.7. The lowest BCUT2D eigenvalue weighted by molar-refractivity contribution is 0.496. The molecule has 1 saturated heterocycles. The molecule has 0 amide bonds. The molecule has 4 rings (SSSR count). The second-order valence-electron chi connectivity index (χ2n) is 6.96. The van der Waals surface area contributed by atoms with Crippen molar-refractivity contribution in [3.63, 3.8) is 0 Å². The molecule has 0 aromatic carbocycles. The fourth-order valence-electron chi connectivity index (χ4n) is 3.50. The lowest BCUT2D eigenvalue weighted by atomic mass is 9.95. The van der Waals surface area contributed by atoms with Crippen LogP contribution in [0, 0.1) is 0 Å². The van der Waals surface area contributed by atoms with Gasteiger partial charge in [-0.05, 0) is 12.8 Å². The highest BCUT2D eigenvalue weighted by atomic mass is 15.2. The zero-order valence-electron chi connectivity index (χ0n) is 15.2. The molecule has 0 aliphatic carbocycles. The van der Waals surface area contributed by atoms with E-state index >= 15 is 0 Å². The van der Waals surface area contributed by atoms with Gasteiger partial charge >= 0.3 is 0 Å². The van der Waals surface area contributed by atoms with Gasteiger partial charge in [0.2, 0.25) is 0 Å². The maximum atomic E-state index is 4.91. The maximum absolute atomic E-state index is 4.91. The van der Waals surface area contributed by atoms with Gasteiger partial charge in [0.15, 0.2) is 5.82 Å². The highest BCUT2D eigenvalue weighted by molar-refractivity contribution is 5.37. The summed E-state index contributed by atoms with van der Waals surface area (Å²) < 4.78 is 2.03. The molecule has 26 heavy (non-hydrogen) atoms. The van der Waals surface area contributed by atoms with E-state index < -0.39 is 0 Å². The van der Waals surface area contributed by atoms with Crippen LogP contribution in [0.1, 0.15) is 50.0 Å². The van der Waals surface area contributed by atoms with Gasteiger partial charge in [0.1, 0.15) is 11.6 Å². The van der Waals surface area contributed by atoms with E-state index in [1.165, 1.54) is 0 Å². The van der Waals surface area contributed by atoms with E-state index in [-0.39, 0.29) is 0 Å². The first kappa shape index (κ1) is 16.6. The predicted octanol–water partition coefficient (Wildman–Crippen LogP) is 2.96. The molecule has 0 bridgehead atoms. The Hall–Kier alpha value is -2.83. The molecule has 0 saturated carbocycles. The quantitative estimate of drug-likeness (QED) is 0.721. The van der Waals surface area contributed by atoms with Crippen molar-refractivity contribution in [1.82, 2.24) is 29.5 Å². The third kappa shape index (κ3) is 3.29. The Balaban J connectivity index is 1.59. The van der Waals surface area contributed by atoms with Crippen molar-refractivity contribution in [2.75, 3.05) is 18.0 Å². The van der Waals surface area contributed by atoms with Crippen LogP contribution in [0.2, 0.25) is 0 Å². The van der Waals surface area contributed by atoms with Gasteiger partial charge in [0, 0.05) is 55.9 Å². The highest BCUT2D eigenvalue weighted by Crippen LogP contribution is 2.28. The van der Waals surface area contributed by atoms with E-state index in [9.17, 15) is 0 Å². The van der Waals surface area contributed by atoms with Crippen LogP contribution >= 0.6 is 0 Å². The molecule has 1 unspecified atom stereocenters. The Kier molecular flexibility index (Phi) is 4.60. The number of piperidine rings is 1. The molecule has 4 heterocycles. The topological polar surface area (TPSA) is 72.6 Å².